The molecule has 6 nitrogen and oxygen atoms in total. The molecule has 1 aromatic carbocycles. The second-order valence-corrected chi connectivity index (χ2v) is 7.59. The number of aromatic nitrogens is 3. The number of para-hydroxylation sites is 2. The van der Waals surface area contributed by atoms with Crippen LogP contribution in [0.1, 0.15) is 58.0 Å². The molecule has 2 aliphatic rings. The zero-order valence-corrected chi connectivity index (χ0v) is 19.7. The molecular formula is C25H35N5O. The van der Waals surface area contributed by atoms with Gasteiger partial charge >= 0.3 is 0 Å². The minimum Gasteiger partial charge on any atom is -0.355 e. The molecule has 0 spiro atoms. The van der Waals surface area contributed by atoms with Crippen LogP contribution in [0.25, 0.3) is 11.0 Å². The van der Waals surface area contributed by atoms with Gasteiger partial charge in [0, 0.05) is 50.6 Å². The van der Waals surface area contributed by atoms with Gasteiger partial charge in [-0.2, -0.15) is 0 Å². The lowest BCUT2D eigenvalue weighted by molar-refractivity contribution is -0.117. The van der Waals surface area contributed by atoms with E-state index in [2.05, 4.69) is 40.8 Å². The number of imidazole rings is 1. The van der Waals surface area contributed by atoms with Gasteiger partial charge < -0.3 is 14.4 Å². The number of hydrogen-bond acceptors (Lipinski definition) is 4. The molecule has 166 valence electrons. The highest BCUT2D eigenvalue weighted by Crippen LogP contribution is 2.34. The monoisotopic (exact) mass is 421 g/mol. The average Bonchev–Trinajstić information content (AvgIpc) is 3.33. The lowest BCUT2D eigenvalue weighted by Crippen LogP contribution is -2.46. The quantitative estimate of drug-likeness (QED) is 0.593. The minimum atomic E-state index is 0.215. The Bertz CT molecular complexity index is 1040. The third-order valence-electron chi connectivity index (χ3n) is 5.70. The largest absolute Gasteiger partial charge is 0.355 e. The van der Waals surface area contributed by atoms with Crippen LogP contribution in [0.2, 0.25) is 0 Å². The maximum atomic E-state index is 12.1. The van der Waals surface area contributed by atoms with Crippen LogP contribution in [0, 0.1) is 6.92 Å². The van der Waals surface area contributed by atoms with Crippen molar-refractivity contribution in [1.29, 1.82) is 0 Å². The molecule has 1 amide bonds. The van der Waals surface area contributed by atoms with Gasteiger partial charge in [-0.3, -0.25) is 4.79 Å². The number of rotatable bonds is 3. The van der Waals surface area contributed by atoms with Gasteiger partial charge in [-0.05, 0) is 31.5 Å². The van der Waals surface area contributed by atoms with Crippen LogP contribution in [0.15, 0.2) is 36.4 Å². The molecule has 4 heterocycles. The number of pyridine rings is 1. The molecule has 0 radical (unpaired) electrons. The first kappa shape index (κ1) is 22.8. The van der Waals surface area contributed by atoms with E-state index < -0.39 is 0 Å². The number of fused-ring (bicyclic) bond motifs is 1. The second-order valence-electron chi connectivity index (χ2n) is 7.59. The van der Waals surface area contributed by atoms with E-state index in [-0.39, 0.29) is 5.91 Å². The first-order valence-corrected chi connectivity index (χ1v) is 11.6. The third kappa shape index (κ3) is 4.43. The topological polar surface area (TPSA) is 54.3 Å². The molecule has 3 aromatic rings. The Morgan fingerprint density at radius 2 is 1.71 bits per heavy atom. The van der Waals surface area contributed by atoms with Gasteiger partial charge in [0.25, 0.3) is 0 Å². The summed E-state index contributed by atoms with van der Waals surface area (Å²) in [6.07, 6.45) is 1.59. The summed E-state index contributed by atoms with van der Waals surface area (Å²) in [7, 11) is 2.09. The van der Waals surface area contributed by atoms with Crippen molar-refractivity contribution in [3.05, 3.63) is 47.9 Å². The van der Waals surface area contributed by atoms with Gasteiger partial charge in [-0.25, -0.2) is 9.97 Å². The van der Waals surface area contributed by atoms with Crippen molar-refractivity contribution in [1.82, 2.24) is 14.5 Å². The van der Waals surface area contributed by atoms with E-state index in [1.165, 1.54) is 5.52 Å². The van der Waals surface area contributed by atoms with Crippen LogP contribution in [0.3, 0.4) is 0 Å². The number of carbonyl (C=O) groups is 1. The fourth-order valence-electron chi connectivity index (χ4n) is 4.23. The first-order valence-electron chi connectivity index (χ1n) is 11.6. The molecule has 0 atom stereocenters. The van der Waals surface area contributed by atoms with Gasteiger partial charge in [0.15, 0.2) is 0 Å². The Morgan fingerprint density at radius 3 is 2.35 bits per heavy atom. The molecule has 2 aliphatic heterocycles. The number of hydrogen-bond donors (Lipinski definition) is 0. The van der Waals surface area contributed by atoms with Crippen LogP contribution in [-0.2, 0) is 11.8 Å². The smallest absolute Gasteiger partial charge is 0.227 e. The van der Waals surface area contributed by atoms with Crippen LogP contribution in [-0.4, -0.2) is 40.1 Å². The molecule has 31 heavy (non-hydrogen) atoms. The van der Waals surface area contributed by atoms with E-state index in [0.29, 0.717) is 12.3 Å². The number of anilines is 2. The summed E-state index contributed by atoms with van der Waals surface area (Å²) in [6.45, 7) is 12.6. The highest BCUT2D eigenvalue weighted by molar-refractivity contribution is 5.95. The molecule has 0 saturated carbocycles. The van der Waals surface area contributed by atoms with Crippen molar-refractivity contribution in [2.75, 3.05) is 29.4 Å². The maximum absolute atomic E-state index is 12.1. The summed E-state index contributed by atoms with van der Waals surface area (Å²) in [6, 6.07) is 12.3. The number of nitrogens with zero attached hydrogens (tertiary/aromatic N) is 5. The van der Waals surface area contributed by atoms with Gasteiger partial charge in [0.2, 0.25) is 5.91 Å². The molecule has 2 fully saturated rings. The molecule has 5 rings (SSSR count). The number of benzene rings is 1. The summed E-state index contributed by atoms with van der Waals surface area (Å²) >= 11 is 0. The number of carbonyl (C=O) groups excluding carboxylic acids is 1. The van der Waals surface area contributed by atoms with Crippen LogP contribution < -0.4 is 9.80 Å². The molecule has 6 heteroatoms. The van der Waals surface area contributed by atoms with E-state index in [4.69, 9.17) is 9.97 Å². The van der Waals surface area contributed by atoms with Gasteiger partial charge in [-0.15, -0.1) is 0 Å². The Balaban J connectivity index is 0.000000645. The predicted molar refractivity (Wildman–Crippen MR) is 129 cm³/mol. The van der Waals surface area contributed by atoms with Crippen LogP contribution in [0.4, 0.5) is 11.5 Å². The van der Waals surface area contributed by atoms with Crippen LogP contribution in [0.5, 0.6) is 0 Å². The summed E-state index contributed by atoms with van der Waals surface area (Å²) in [5, 5.41) is 0. The van der Waals surface area contributed by atoms with Crippen molar-refractivity contribution in [3.8, 4) is 0 Å². The van der Waals surface area contributed by atoms with Gasteiger partial charge in [-0.1, -0.05) is 39.8 Å². The Kier molecular flexibility index (Phi) is 7.31. The number of amides is 1. The van der Waals surface area contributed by atoms with Crippen molar-refractivity contribution in [2.45, 2.75) is 53.4 Å². The fourth-order valence-corrected chi connectivity index (χ4v) is 4.23. The minimum absolute atomic E-state index is 0.215. The maximum Gasteiger partial charge on any atom is 0.227 e. The molecule has 2 aromatic heterocycles. The highest BCUT2D eigenvalue weighted by Gasteiger charge is 2.33. The van der Waals surface area contributed by atoms with E-state index in [1.54, 1.807) is 0 Å². The summed E-state index contributed by atoms with van der Waals surface area (Å²) in [4.78, 5) is 25.8. The van der Waals surface area contributed by atoms with Crippen molar-refractivity contribution < 1.29 is 4.79 Å². The SMILES string of the molecule is CC.CC.Cc1cc(N2CCCC2=O)cc(N2CC(c3nc4ccccc4n3C)C2)n1. The molecule has 0 unspecified atom stereocenters. The zero-order valence-electron chi connectivity index (χ0n) is 19.7. The highest BCUT2D eigenvalue weighted by atomic mass is 16.2. The standard InChI is InChI=1S/C21H23N5O.2C2H6/c1-14-10-16(26-9-5-8-20(26)27)11-19(22-14)25-12-15(13-25)21-23-17-6-3-4-7-18(17)24(21)2;2*1-2/h3-4,6-7,10-11,15H,5,8-9,12-13H2,1-2H3;2*1-2H3. The Labute approximate surface area is 185 Å². The number of aryl methyl sites for hydroxylation is 2. The van der Waals surface area contributed by atoms with Gasteiger partial charge in [0.05, 0.1) is 17.0 Å². The fraction of sp³-hybridized carbons (Fsp3) is 0.480. The van der Waals surface area contributed by atoms with E-state index in [9.17, 15) is 4.79 Å². The van der Waals surface area contributed by atoms with Crippen molar-refractivity contribution in [3.63, 3.8) is 0 Å². The second kappa shape index (κ2) is 9.94. The van der Waals surface area contributed by atoms with E-state index in [0.717, 1.165) is 54.6 Å². The first-order chi connectivity index (χ1) is 15.1. The summed E-state index contributed by atoms with van der Waals surface area (Å²) < 4.78 is 2.20. The molecular weight excluding hydrogens is 386 g/mol. The molecule has 0 N–H and O–H groups in total. The average molecular weight is 422 g/mol. The van der Waals surface area contributed by atoms with Crippen molar-refractivity contribution >= 4 is 28.4 Å². The lowest BCUT2D eigenvalue weighted by Gasteiger charge is -2.40. The summed E-state index contributed by atoms with van der Waals surface area (Å²) in [5.74, 6) is 2.71. The Hall–Kier alpha value is -2.89. The van der Waals surface area contributed by atoms with Crippen LogP contribution >= 0.6 is 0 Å². The zero-order chi connectivity index (χ0) is 22.5. The normalized spacial score (nSPS) is 15.9. The predicted octanol–water partition coefficient (Wildman–Crippen LogP) is 5.06. The van der Waals surface area contributed by atoms with Crippen molar-refractivity contribution in [2.24, 2.45) is 7.05 Å². The van der Waals surface area contributed by atoms with E-state index >= 15 is 0 Å². The molecule has 2 saturated heterocycles. The molecule has 0 bridgehead atoms. The Morgan fingerprint density at radius 1 is 1.00 bits per heavy atom. The summed E-state index contributed by atoms with van der Waals surface area (Å²) in [5.41, 5.74) is 4.16. The lowest BCUT2D eigenvalue weighted by atomic mass is 9.99. The molecule has 0 aliphatic carbocycles. The van der Waals surface area contributed by atoms with Gasteiger partial charge in [0.1, 0.15) is 11.6 Å². The van der Waals surface area contributed by atoms with E-state index in [1.807, 2.05) is 51.7 Å². The third-order valence-corrected chi connectivity index (χ3v) is 5.70.